The first-order valence-corrected chi connectivity index (χ1v) is 5.36. The van der Waals surface area contributed by atoms with Crippen molar-refractivity contribution >= 4 is 28.8 Å². The van der Waals surface area contributed by atoms with Crippen molar-refractivity contribution in [2.45, 2.75) is 37.9 Å². The van der Waals surface area contributed by atoms with Crippen molar-refractivity contribution in [1.29, 1.82) is 0 Å². The molecule has 0 N–H and O–H groups in total. The number of ether oxygens (including phenoxy) is 1. The van der Waals surface area contributed by atoms with Gasteiger partial charge in [-0.3, -0.25) is 0 Å². The monoisotopic (exact) mass is 204 g/mol. The molecular formula is C9H16OS2. The highest BCUT2D eigenvalue weighted by atomic mass is 32.2. The molecule has 1 aliphatic rings. The standard InChI is InChI=1S/C9H16OS2/c1-8(2)6(11)9(3,4)12-7(8)10-5/h7H,1-5H3. The Morgan fingerprint density at radius 2 is 1.83 bits per heavy atom. The maximum Gasteiger partial charge on any atom is 0.113 e. The van der Waals surface area contributed by atoms with Gasteiger partial charge in [-0.1, -0.05) is 26.1 Å². The molecule has 0 bridgehead atoms. The summed E-state index contributed by atoms with van der Waals surface area (Å²) in [7, 11) is 1.75. The van der Waals surface area contributed by atoms with Crippen LogP contribution in [0.2, 0.25) is 0 Å². The summed E-state index contributed by atoms with van der Waals surface area (Å²) in [6.07, 6.45) is 0. The van der Waals surface area contributed by atoms with E-state index in [1.165, 1.54) is 0 Å². The Bertz CT molecular complexity index is 209. The van der Waals surface area contributed by atoms with Crippen molar-refractivity contribution in [2.24, 2.45) is 5.41 Å². The molecule has 12 heavy (non-hydrogen) atoms. The van der Waals surface area contributed by atoms with E-state index in [1.54, 1.807) is 7.11 Å². The maximum absolute atomic E-state index is 5.43. The van der Waals surface area contributed by atoms with Crippen LogP contribution in [0.4, 0.5) is 0 Å². The Kier molecular flexibility index (Phi) is 2.59. The van der Waals surface area contributed by atoms with E-state index in [-0.39, 0.29) is 15.6 Å². The minimum atomic E-state index is 0.0260. The third-order valence-electron chi connectivity index (χ3n) is 2.34. The summed E-state index contributed by atoms with van der Waals surface area (Å²) in [5.41, 5.74) is 0.234. The number of hydrogen-bond donors (Lipinski definition) is 0. The maximum atomic E-state index is 5.43. The number of hydrogen-bond acceptors (Lipinski definition) is 3. The van der Waals surface area contributed by atoms with Gasteiger partial charge >= 0.3 is 0 Å². The zero-order valence-corrected chi connectivity index (χ0v) is 9.94. The number of rotatable bonds is 1. The van der Waals surface area contributed by atoms with Crippen molar-refractivity contribution in [3.8, 4) is 0 Å². The van der Waals surface area contributed by atoms with E-state index in [9.17, 15) is 0 Å². The zero-order valence-electron chi connectivity index (χ0n) is 8.30. The van der Waals surface area contributed by atoms with Crippen LogP contribution in [-0.2, 0) is 4.74 Å². The lowest BCUT2D eigenvalue weighted by Gasteiger charge is -2.25. The summed E-state index contributed by atoms with van der Waals surface area (Å²) in [6, 6.07) is 0. The number of thioether (sulfide) groups is 1. The summed E-state index contributed by atoms with van der Waals surface area (Å²) in [5, 5.41) is 0. The molecule has 0 amide bonds. The lowest BCUT2D eigenvalue weighted by molar-refractivity contribution is 0.116. The molecule has 0 radical (unpaired) electrons. The van der Waals surface area contributed by atoms with Crippen LogP contribution in [0.5, 0.6) is 0 Å². The molecular weight excluding hydrogens is 188 g/mol. The molecule has 70 valence electrons. The van der Waals surface area contributed by atoms with Gasteiger partial charge in [0.05, 0.1) is 0 Å². The molecule has 0 aliphatic carbocycles. The topological polar surface area (TPSA) is 9.23 Å². The van der Waals surface area contributed by atoms with Gasteiger partial charge in [-0.05, 0) is 13.8 Å². The molecule has 0 aromatic carbocycles. The highest BCUT2D eigenvalue weighted by molar-refractivity contribution is 8.04. The number of thiocarbonyl (C=S) groups is 1. The average molecular weight is 204 g/mol. The lowest BCUT2D eigenvalue weighted by Crippen LogP contribution is -2.33. The molecule has 1 heterocycles. The van der Waals surface area contributed by atoms with E-state index >= 15 is 0 Å². The molecule has 0 saturated carbocycles. The van der Waals surface area contributed by atoms with Crippen LogP contribution < -0.4 is 0 Å². The highest BCUT2D eigenvalue weighted by Crippen LogP contribution is 2.51. The quantitative estimate of drug-likeness (QED) is 0.608. The predicted molar refractivity (Wildman–Crippen MR) is 58.8 cm³/mol. The van der Waals surface area contributed by atoms with E-state index in [0.29, 0.717) is 0 Å². The van der Waals surface area contributed by atoms with E-state index in [1.807, 2.05) is 11.8 Å². The third kappa shape index (κ3) is 1.42. The van der Waals surface area contributed by atoms with Crippen LogP contribution in [0, 0.1) is 5.41 Å². The normalized spacial score (nSPS) is 32.4. The van der Waals surface area contributed by atoms with Gasteiger partial charge in [0.1, 0.15) is 5.44 Å². The van der Waals surface area contributed by atoms with Crippen molar-refractivity contribution in [1.82, 2.24) is 0 Å². The van der Waals surface area contributed by atoms with Crippen molar-refractivity contribution < 1.29 is 4.74 Å². The fraction of sp³-hybridized carbons (Fsp3) is 0.889. The second-order valence-corrected chi connectivity index (χ2v) is 6.34. The first-order chi connectivity index (χ1) is 5.32. The molecule has 3 heteroatoms. The third-order valence-corrected chi connectivity index (χ3v) is 5.29. The van der Waals surface area contributed by atoms with Gasteiger partial charge in [-0.2, -0.15) is 0 Å². The molecule has 1 nitrogen and oxygen atoms in total. The predicted octanol–water partition coefficient (Wildman–Crippen LogP) is 2.88. The lowest BCUT2D eigenvalue weighted by atomic mass is 9.84. The number of methoxy groups -OCH3 is 1. The molecule has 1 aliphatic heterocycles. The Hall–Kier alpha value is 0.400. The molecule has 0 spiro atoms. The summed E-state index contributed by atoms with van der Waals surface area (Å²) in [6.45, 7) is 8.65. The van der Waals surface area contributed by atoms with Crippen molar-refractivity contribution in [2.75, 3.05) is 7.11 Å². The van der Waals surface area contributed by atoms with E-state index in [4.69, 9.17) is 17.0 Å². The first kappa shape index (κ1) is 10.5. The van der Waals surface area contributed by atoms with Gasteiger partial charge in [-0.25, -0.2) is 0 Å². The Morgan fingerprint density at radius 3 is 2.00 bits per heavy atom. The molecule has 0 aromatic rings. The Labute approximate surface area is 84.2 Å². The van der Waals surface area contributed by atoms with Crippen LogP contribution in [0.1, 0.15) is 27.7 Å². The summed E-state index contributed by atoms with van der Waals surface area (Å²) in [4.78, 5) is 1.12. The van der Waals surface area contributed by atoms with Crippen molar-refractivity contribution in [3.63, 3.8) is 0 Å². The highest BCUT2D eigenvalue weighted by Gasteiger charge is 2.50. The summed E-state index contributed by atoms with van der Waals surface area (Å²) < 4.78 is 5.49. The van der Waals surface area contributed by atoms with Gasteiger partial charge < -0.3 is 4.74 Å². The van der Waals surface area contributed by atoms with Gasteiger partial charge in [0, 0.05) is 22.1 Å². The summed E-state index contributed by atoms with van der Waals surface area (Å²) >= 11 is 7.25. The van der Waals surface area contributed by atoms with Gasteiger partial charge in [0.2, 0.25) is 0 Å². The van der Waals surface area contributed by atoms with Crippen molar-refractivity contribution in [3.05, 3.63) is 0 Å². The molecule has 1 rings (SSSR count). The van der Waals surface area contributed by atoms with Gasteiger partial charge in [0.15, 0.2) is 0 Å². The molecule has 1 atom stereocenters. The SMILES string of the molecule is COC1SC(C)(C)C(=S)C1(C)C. The fourth-order valence-corrected chi connectivity index (χ4v) is 3.43. The van der Waals surface area contributed by atoms with Gasteiger partial charge in [-0.15, -0.1) is 11.8 Å². The smallest absolute Gasteiger partial charge is 0.113 e. The first-order valence-electron chi connectivity index (χ1n) is 4.08. The Balaban J connectivity index is 2.96. The summed E-state index contributed by atoms with van der Waals surface area (Å²) in [5.74, 6) is 0. The second-order valence-electron chi connectivity index (χ2n) is 4.25. The van der Waals surface area contributed by atoms with Crippen LogP contribution in [-0.4, -0.2) is 22.2 Å². The molecule has 1 fully saturated rings. The van der Waals surface area contributed by atoms with Crippen LogP contribution in [0.15, 0.2) is 0 Å². The largest absolute Gasteiger partial charge is 0.370 e. The minimum Gasteiger partial charge on any atom is -0.370 e. The zero-order chi connectivity index (χ0) is 9.57. The van der Waals surface area contributed by atoms with Crippen LogP contribution in [0.3, 0.4) is 0 Å². The van der Waals surface area contributed by atoms with Crippen LogP contribution >= 0.6 is 24.0 Å². The van der Waals surface area contributed by atoms with E-state index < -0.39 is 0 Å². The van der Waals surface area contributed by atoms with E-state index in [2.05, 4.69) is 27.7 Å². The van der Waals surface area contributed by atoms with Crippen LogP contribution in [0.25, 0.3) is 0 Å². The Morgan fingerprint density at radius 1 is 1.33 bits per heavy atom. The fourth-order valence-electron chi connectivity index (χ4n) is 1.69. The molecule has 1 saturated heterocycles. The van der Waals surface area contributed by atoms with Gasteiger partial charge in [0.25, 0.3) is 0 Å². The molecule has 1 unspecified atom stereocenters. The minimum absolute atomic E-state index is 0.0260. The molecule has 0 aromatic heterocycles. The second kappa shape index (κ2) is 2.96. The average Bonchev–Trinajstić information content (AvgIpc) is 2.11. The van der Waals surface area contributed by atoms with E-state index in [0.717, 1.165) is 4.86 Å².